The molecule has 1 aliphatic heterocycles. The second kappa shape index (κ2) is 9.39. The predicted molar refractivity (Wildman–Crippen MR) is 138 cm³/mol. The first-order chi connectivity index (χ1) is 16.4. The van der Waals surface area contributed by atoms with E-state index in [9.17, 15) is 13.2 Å². The molecule has 6 nitrogen and oxygen atoms in total. The molecule has 0 saturated carbocycles. The molecule has 4 aromatic rings. The van der Waals surface area contributed by atoms with Crippen molar-refractivity contribution in [2.75, 3.05) is 11.4 Å². The van der Waals surface area contributed by atoms with Crippen molar-refractivity contribution in [1.29, 1.82) is 0 Å². The Morgan fingerprint density at radius 3 is 2.68 bits per heavy atom. The molecule has 1 saturated heterocycles. The monoisotopic (exact) mass is 531 g/mol. The van der Waals surface area contributed by atoms with Gasteiger partial charge in [-0.05, 0) is 48.4 Å². The summed E-state index contributed by atoms with van der Waals surface area (Å²) >= 11 is 8.95. The number of nitrogens with zero attached hydrogens (tertiary/aromatic N) is 3. The number of aromatic nitrogens is 1. The van der Waals surface area contributed by atoms with Crippen LogP contribution in [0.1, 0.15) is 24.0 Å². The van der Waals surface area contributed by atoms with Crippen molar-refractivity contribution in [3.05, 3.63) is 76.1 Å². The number of carbonyl (C=O) groups is 1. The Kier molecular flexibility index (Phi) is 6.47. The highest BCUT2D eigenvalue weighted by Gasteiger charge is 2.42. The Labute approximate surface area is 211 Å². The van der Waals surface area contributed by atoms with E-state index in [1.54, 1.807) is 22.4 Å². The molecular formula is C24H22ClN3O3S3. The van der Waals surface area contributed by atoms with Crippen LogP contribution in [0.25, 0.3) is 10.2 Å². The number of anilines is 1. The van der Waals surface area contributed by atoms with Crippen molar-refractivity contribution in [3.63, 3.8) is 0 Å². The number of carbonyl (C=O) groups excluding carboxylic acids is 1. The Morgan fingerprint density at radius 2 is 1.97 bits per heavy atom. The predicted octanol–water partition coefficient (Wildman–Crippen LogP) is 5.71. The van der Waals surface area contributed by atoms with Gasteiger partial charge in [-0.25, -0.2) is 13.4 Å². The summed E-state index contributed by atoms with van der Waals surface area (Å²) in [5.41, 5.74) is 2.66. The van der Waals surface area contributed by atoms with Crippen LogP contribution in [0.2, 0.25) is 5.02 Å². The zero-order valence-electron chi connectivity index (χ0n) is 18.3. The van der Waals surface area contributed by atoms with E-state index in [0.29, 0.717) is 36.1 Å². The number of halogens is 1. The number of hydrogen-bond acceptors (Lipinski definition) is 6. The van der Waals surface area contributed by atoms with E-state index in [2.05, 4.69) is 0 Å². The second-order valence-electron chi connectivity index (χ2n) is 8.15. The van der Waals surface area contributed by atoms with Gasteiger partial charge in [-0.15, -0.1) is 11.3 Å². The maximum Gasteiger partial charge on any atom is 0.253 e. The quantitative estimate of drug-likeness (QED) is 0.320. The minimum Gasteiger partial charge on any atom is -0.282 e. The molecule has 176 valence electrons. The third-order valence-electron chi connectivity index (χ3n) is 5.91. The van der Waals surface area contributed by atoms with Gasteiger partial charge in [0.25, 0.3) is 10.0 Å². The number of aryl methyl sites for hydroxylation is 1. The molecule has 0 N–H and O–H groups in total. The van der Waals surface area contributed by atoms with E-state index in [1.807, 2.05) is 49.4 Å². The third-order valence-corrected chi connectivity index (χ3v) is 10.7. The molecule has 0 spiro atoms. The first-order valence-corrected chi connectivity index (χ1v) is 14.3. The van der Waals surface area contributed by atoms with Gasteiger partial charge in [0.15, 0.2) is 5.13 Å². The topological polar surface area (TPSA) is 70.6 Å². The lowest BCUT2D eigenvalue weighted by Crippen LogP contribution is -2.47. The molecule has 1 unspecified atom stereocenters. The molecule has 3 heterocycles. The van der Waals surface area contributed by atoms with Crippen LogP contribution in [0.4, 0.5) is 5.13 Å². The maximum absolute atomic E-state index is 14.0. The number of amides is 1. The van der Waals surface area contributed by atoms with Crippen LogP contribution in [0.15, 0.2) is 64.2 Å². The maximum atomic E-state index is 14.0. The number of benzene rings is 2. The summed E-state index contributed by atoms with van der Waals surface area (Å²) in [5.74, 6) is -0.269. The highest BCUT2D eigenvalue weighted by Crippen LogP contribution is 2.38. The fourth-order valence-corrected chi connectivity index (χ4v) is 8.28. The minimum absolute atomic E-state index is 0.254. The van der Waals surface area contributed by atoms with E-state index in [-0.39, 0.29) is 10.1 Å². The molecule has 1 amide bonds. The summed E-state index contributed by atoms with van der Waals surface area (Å²) in [4.78, 5) is 20.4. The first-order valence-electron chi connectivity index (χ1n) is 10.8. The minimum atomic E-state index is -3.75. The van der Waals surface area contributed by atoms with Gasteiger partial charge in [-0.3, -0.25) is 9.69 Å². The lowest BCUT2D eigenvalue weighted by molar-refractivity contribution is -0.121. The standard InChI is InChI=1S/C24H22ClN3O3S3/c1-16-11-12-18(25)22-21(16)26-24(33-22)27(15-17-7-3-2-4-8-17)23(29)19-9-5-13-28(19)34(30,31)20-10-6-14-32-20/h2-4,6-8,10-12,14,19H,5,9,13,15H2,1H3. The summed E-state index contributed by atoms with van der Waals surface area (Å²) in [6, 6.07) is 15.9. The van der Waals surface area contributed by atoms with Crippen molar-refractivity contribution < 1.29 is 13.2 Å². The van der Waals surface area contributed by atoms with Gasteiger partial charge in [0.1, 0.15) is 10.3 Å². The molecule has 1 aliphatic rings. The van der Waals surface area contributed by atoms with Crippen LogP contribution >= 0.6 is 34.3 Å². The Bertz CT molecular complexity index is 1400. The molecule has 10 heteroatoms. The lowest BCUT2D eigenvalue weighted by atomic mass is 10.1. The summed E-state index contributed by atoms with van der Waals surface area (Å²) in [6.07, 6.45) is 1.10. The molecular weight excluding hydrogens is 510 g/mol. The average Bonchev–Trinajstić information content (AvgIpc) is 3.61. The van der Waals surface area contributed by atoms with Crippen LogP contribution < -0.4 is 4.90 Å². The van der Waals surface area contributed by atoms with Crippen LogP contribution in [-0.2, 0) is 21.4 Å². The van der Waals surface area contributed by atoms with E-state index in [4.69, 9.17) is 16.6 Å². The molecule has 1 atom stereocenters. The Balaban J connectivity index is 1.56. The number of sulfonamides is 1. The first kappa shape index (κ1) is 23.4. The summed E-state index contributed by atoms with van der Waals surface area (Å²) in [5, 5.41) is 2.83. The molecule has 2 aromatic carbocycles. The van der Waals surface area contributed by atoms with Crippen LogP contribution in [0.5, 0.6) is 0 Å². The van der Waals surface area contributed by atoms with Crippen molar-refractivity contribution in [1.82, 2.24) is 9.29 Å². The zero-order chi connectivity index (χ0) is 23.9. The molecule has 0 bridgehead atoms. The van der Waals surface area contributed by atoms with Gasteiger partial charge in [-0.1, -0.05) is 65.4 Å². The SMILES string of the molecule is Cc1ccc(Cl)c2sc(N(Cc3ccccc3)C(=O)C3CCCN3S(=O)(=O)c3cccs3)nc12. The molecule has 1 fully saturated rings. The highest BCUT2D eigenvalue weighted by molar-refractivity contribution is 7.91. The largest absolute Gasteiger partial charge is 0.282 e. The highest BCUT2D eigenvalue weighted by atomic mass is 35.5. The average molecular weight is 532 g/mol. The van der Waals surface area contributed by atoms with Crippen molar-refractivity contribution in [3.8, 4) is 0 Å². The van der Waals surface area contributed by atoms with Crippen molar-refractivity contribution >= 4 is 65.6 Å². The fourth-order valence-electron chi connectivity index (χ4n) is 4.19. The molecule has 5 rings (SSSR count). The number of thiazole rings is 1. The number of hydrogen-bond donors (Lipinski definition) is 0. The smallest absolute Gasteiger partial charge is 0.253 e. The fraction of sp³-hybridized carbons (Fsp3) is 0.250. The van der Waals surface area contributed by atoms with E-state index in [1.165, 1.54) is 15.6 Å². The van der Waals surface area contributed by atoms with Crippen molar-refractivity contribution in [2.45, 2.75) is 36.6 Å². The molecule has 0 radical (unpaired) electrons. The van der Waals surface area contributed by atoms with Gasteiger partial charge in [0.2, 0.25) is 5.91 Å². The van der Waals surface area contributed by atoms with E-state index < -0.39 is 16.1 Å². The van der Waals surface area contributed by atoms with Gasteiger partial charge in [0.05, 0.1) is 21.8 Å². The van der Waals surface area contributed by atoms with Gasteiger partial charge < -0.3 is 0 Å². The number of fused-ring (bicyclic) bond motifs is 1. The summed E-state index contributed by atoms with van der Waals surface area (Å²) in [6.45, 7) is 2.57. The van der Waals surface area contributed by atoms with Crippen LogP contribution in [0, 0.1) is 6.92 Å². The molecule has 2 aromatic heterocycles. The van der Waals surface area contributed by atoms with Crippen LogP contribution in [0.3, 0.4) is 0 Å². The summed E-state index contributed by atoms with van der Waals surface area (Å²) < 4.78 is 29.0. The van der Waals surface area contributed by atoms with Crippen LogP contribution in [-0.4, -0.2) is 36.2 Å². The second-order valence-corrected chi connectivity index (χ2v) is 12.6. The third kappa shape index (κ3) is 4.27. The normalized spacial score (nSPS) is 16.8. The lowest BCUT2D eigenvalue weighted by Gasteiger charge is -2.28. The van der Waals surface area contributed by atoms with E-state index in [0.717, 1.165) is 32.7 Å². The Morgan fingerprint density at radius 1 is 1.18 bits per heavy atom. The number of thiophene rings is 1. The molecule has 34 heavy (non-hydrogen) atoms. The van der Waals surface area contributed by atoms with E-state index >= 15 is 0 Å². The molecule has 0 aliphatic carbocycles. The number of rotatable bonds is 6. The van der Waals surface area contributed by atoms with Gasteiger partial charge in [0, 0.05) is 6.54 Å². The van der Waals surface area contributed by atoms with Crippen molar-refractivity contribution in [2.24, 2.45) is 0 Å². The Hall–Kier alpha value is -2.30. The summed E-state index contributed by atoms with van der Waals surface area (Å²) in [7, 11) is -3.75. The zero-order valence-corrected chi connectivity index (χ0v) is 21.6. The van der Waals surface area contributed by atoms with Gasteiger partial charge in [-0.2, -0.15) is 4.31 Å². The van der Waals surface area contributed by atoms with Gasteiger partial charge >= 0.3 is 0 Å².